The molecule has 2 aromatic rings. The SMILES string of the molecule is Cc1cc(C)cc(N2C[C@H](C(=O)Oc3ccc(C(C)(C)C)cc3)CC2=O)c1. The first-order chi connectivity index (χ1) is 12.6. The third-order valence-electron chi connectivity index (χ3n) is 4.92. The maximum absolute atomic E-state index is 12.6. The summed E-state index contributed by atoms with van der Waals surface area (Å²) < 4.78 is 5.53. The topological polar surface area (TPSA) is 46.6 Å². The van der Waals surface area contributed by atoms with Crippen LogP contribution in [0, 0.1) is 19.8 Å². The lowest BCUT2D eigenvalue weighted by molar-refractivity contribution is -0.139. The average Bonchev–Trinajstić information content (AvgIpc) is 2.95. The minimum absolute atomic E-state index is 0.0370. The maximum Gasteiger partial charge on any atom is 0.316 e. The molecule has 1 aliphatic heterocycles. The van der Waals surface area contributed by atoms with Crippen LogP contribution in [0.3, 0.4) is 0 Å². The molecule has 1 heterocycles. The van der Waals surface area contributed by atoms with Gasteiger partial charge in [-0.15, -0.1) is 0 Å². The summed E-state index contributed by atoms with van der Waals surface area (Å²) >= 11 is 0. The largest absolute Gasteiger partial charge is 0.426 e. The Balaban J connectivity index is 1.69. The quantitative estimate of drug-likeness (QED) is 0.592. The van der Waals surface area contributed by atoms with E-state index in [-0.39, 0.29) is 23.7 Å². The van der Waals surface area contributed by atoms with E-state index >= 15 is 0 Å². The van der Waals surface area contributed by atoms with E-state index in [1.54, 1.807) is 4.90 Å². The molecule has 1 amide bonds. The first-order valence-electron chi connectivity index (χ1n) is 9.34. The second kappa shape index (κ2) is 7.18. The molecule has 142 valence electrons. The molecule has 1 fully saturated rings. The Kier molecular flexibility index (Phi) is 5.09. The number of esters is 1. The lowest BCUT2D eigenvalue weighted by Gasteiger charge is -2.19. The standard InChI is InChI=1S/C23H27NO3/c1-15-10-16(2)12-19(11-15)24-14-17(13-21(24)25)22(26)27-20-8-6-18(7-9-20)23(3,4)5/h6-12,17H,13-14H2,1-5H3/t17-/m1/s1. The van der Waals surface area contributed by atoms with E-state index in [9.17, 15) is 9.59 Å². The average molecular weight is 365 g/mol. The number of hydrogen-bond acceptors (Lipinski definition) is 3. The lowest BCUT2D eigenvalue weighted by Crippen LogP contribution is -2.27. The molecule has 0 aromatic heterocycles. The second-order valence-electron chi connectivity index (χ2n) is 8.45. The van der Waals surface area contributed by atoms with Gasteiger partial charge in [-0.3, -0.25) is 9.59 Å². The van der Waals surface area contributed by atoms with Crippen LogP contribution in [0.5, 0.6) is 5.75 Å². The Labute approximate surface area is 161 Å². The molecule has 0 aliphatic carbocycles. The van der Waals surface area contributed by atoms with Crippen molar-refractivity contribution >= 4 is 17.6 Å². The Morgan fingerprint density at radius 3 is 2.19 bits per heavy atom. The fourth-order valence-corrected chi connectivity index (χ4v) is 3.44. The van der Waals surface area contributed by atoms with Crippen molar-refractivity contribution < 1.29 is 14.3 Å². The minimum Gasteiger partial charge on any atom is -0.426 e. The van der Waals surface area contributed by atoms with Crippen LogP contribution in [0.2, 0.25) is 0 Å². The molecule has 27 heavy (non-hydrogen) atoms. The van der Waals surface area contributed by atoms with Gasteiger partial charge in [0.25, 0.3) is 0 Å². The summed E-state index contributed by atoms with van der Waals surface area (Å²) in [7, 11) is 0. The summed E-state index contributed by atoms with van der Waals surface area (Å²) in [5, 5.41) is 0. The zero-order valence-electron chi connectivity index (χ0n) is 16.7. The van der Waals surface area contributed by atoms with Crippen LogP contribution in [0.15, 0.2) is 42.5 Å². The van der Waals surface area contributed by atoms with Crippen molar-refractivity contribution in [2.24, 2.45) is 5.92 Å². The summed E-state index contributed by atoms with van der Waals surface area (Å²) in [4.78, 5) is 26.7. The Hall–Kier alpha value is -2.62. The highest BCUT2D eigenvalue weighted by Crippen LogP contribution is 2.29. The van der Waals surface area contributed by atoms with Crippen molar-refractivity contribution in [3.05, 3.63) is 59.2 Å². The maximum atomic E-state index is 12.6. The third-order valence-corrected chi connectivity index (χ3v) is 4.92. The number of carbonyl (C=O) groups is 2. The molecule has 0 saturated carbocycles. The number of aryl methyl sites for hydroxylation is 2. The van der Waals surface area contributed by atoms with Gasteiger partial charge in [0.1, 0.15) is 5.75 Å². The number of hydrogen-bond donors (Lipinski definition) is 0. The molecular formula is C23H27NO3. The van der Waals surface area contributed by atoms with E-state index in [1.807, 2.05) is 50.2 Å². The molecule has 4 nitrogen and oxygen atoms in total. The third kappa shape index (κ3) is 4.38. The van der Waals surface area contributed by atoms with Crippen LogP contribution in [-0.2, 0) is 15.0 Å². The van der Waals surface area contributed by atoms with E-state index in [1.165, 1.54) is 5.56 Å². The molecular weight excluding hydrogens is 338 g/mol. The van der Waals surface area contributed by atoms with Gasteiger partial charge in [0.15, 0.2) is 0 Å². The Morgan fingerprint density at radius 2 is 1.63 bits per heavy atom. The van der Waals surface area contributed by atoms with Gasteiger partial charge in [-0.05, 0) is 60.2 Å². The van der Waals surface area contributed by atoms with Crippen LogP contribution in [0.4, 0.5) is 5.69 Å². The normalized spacial score (nSPS) is 17.3. The zero-order chi connectivity index (χ0) is 19.8. The molecule has 1 saturated heterocycles. The van der Waals surface area contributed by atoms with Crippen LogP contribution >= 0.6 is 0 Å². The highest BCUT2D eigenvalue weighted by Gasteiger charge is 2.36. The number of amides is 1. The van der Waals surface area contributed by atoms with Gasteiger partial charge in [0.05, 0.1) is 5.92 Å². The van der Waals surface area contributed by atoms with Gasteiger partial charge < -0.3 is 9.64 Å². The van der Waals surface area contributed by atoms with Gasteiger partial charge >= 0.3 is 5.97 Å². The number of ether oxygens (including phenoxy) is 1. The molecule has 0 radical (unpaired) electrons. The predicted molar refractivity (Wildman–Crippen MR) is 107 cm³/mol. The van der Waals surface area contributed by atoms with Gasteiger partial charge in [-0.1, -0.05) is 39.0 Å². The van der Waals surface area contributed by atoms with E-state index in [4.69, 9.17) is 4.74 Å². The van der Waals surface area contributed by atoms with E-state index in [2.05, 4.69) is 26.8 Å². The van der Waals surface area contributed by atoms with Gasteiger partial charge in [0.2, 0.25) is 5.91 Å². The van der Waals surface area contributed by atoms with E-state index < -0.39 is 5.92 Å². The summed E-state index contributed by atoms with van der Waals surface area (Å²) in [6, 6.07) is 13.6. The number of carbonyl (C=O) groups excluding carboxylic acids is 2. The number of benzene rings is 2. The summed E-state index contributed by atoms with van der Waals surface area (Å²) in [5.41, 5.74) is 4.28. The van der Waals surface area contributed by atoms with Crippen LogP contribution < -0.4 is 9.64 Å². The molecule has 0 unspecified atom stereocenters. The summed E-state index contributed by atoms with van der Waals surface area (Å²) in [6.07, 6.45) is 0.186. The fourth-order valence-electron chi connectivity index (χ4n) is 3.44. The van der Waals surface area contributed by atoms with Gasteiger partial charge in [-0.2, -0.15) is 0 Å². The predicted octanol–water partition coefficient (Wildman–Crippen LogP) is 4.56. The fraction of sp³-hybridized carbons (Fsp3) is 0.391. The second-order valence-corrected chi connectivity index (χ2v) is 8.45. The number of rotatable bonds is 3. The molecule has 3 rings (SSSR count). The first-order valence-corrected chi connectivity index (χ1v) is 9.34. The van der Waals surface area contributed by atoms with Gasteiger partial charge in [0, 0.05) is 18.7 Å². The smallest absolute Gasteiger partial charge is 0.316 e. The van der Waals surface area contributed by atoms with Crippen molar-refractivity contribution in [2.75, 3.05) is 11.4 Å². The summed E-state index contributed by atoms with van der Waals surface area (Å²) in [5.74, 6) is -0.310. The minimum atomic E-state index is -0.444. The highest BCUT2D eigenvalue weighted by molar-refractivity contribution is 5.99. The van der Waals surface area contributed by atoms with Crippen molar-refractivity contribution in [1.29, 1.82) is 0 Å². The molecule has 2 aromatic carbocycles. The lowest BCUT2D eigenvalue weighted by atomic mass is 9.87. The monoisotopic (exact) mass is 365 g/mol. The zero-order valence-corrected chi connectivity index (χ0v) is 16.7. The summed E-state index contributed by atoms with van der Waals surface area (Å²) in [6.45, 7) is 10.8. The molecule has 0 spiro atoms. The van der Waals surface area contributed by atoms with Crippen molar-refractivity contribution in [3.63, 3.8) is 0 Å². The van der Waals surface area contributed by atoms with Crippen LogP contribution in [0.1, 0.15) is 43.9 Å². The Morgan fingerprint density at radius 1 is 1.04 bits per heavy atom. The van der Waals surface area contributed by atoms with Crippen molar-refractivity contribution in [2.45, 2.75) is 46.5 Å². The molecule has 1 aliphatic rings. The molecule has 0 bridgehead atoms. The highest BCUT2D eigenvalue weighted by atomic mass is 16.5. The van der Waals surface area contributed by atoms with Crippen LogP contribution in [0.25, 0.3) is 0 Å². The molecule has 1 atom stereocenters. The van der Waals surface area contributed by atoms with Crippen LogP contribution in [-0.4, -0.2) is 18.4 Å². The first kappa shape index (κ1) is 19.2. The van der Waals surface area contributed by atoms with Crippen molar-refractivity contribution in [1.82, 2.24) is 0 Å². The molecule has 4 heteroatoms. The van der Waals surface area contributed by atoms with Gasteiger partial charge in [-0.25, -0.2) is 0 Å². The van der Waals surface area contributed by atoms with E-state index in [0.717, 1.165) is 16.8 Å². The number of nitrogens with zero attached hydrogens (tertiary/aromatic N) is 1. The Bertz CT molecular complexity index is 842. The van der Waals surface area contributed by atoms with Crippen molar-refractivity contribution in [3.8, 4) is 5.75 Å². The molecule has 0 N–H and O–H groups in total. The van der Waals surface area contributed by atoms with E-state index in [0.29, 0.717) is 12.3 Å². The number of anilines is 1.